The lowest BCUT2D eigenvalue weighted by Crippen LogP contribution is -2.31. The average Bonchev–Trinajstić information content (AvgIpc) is 3.51. The summed E-state index contributed by atoms with van der Waals surface area (Å²) in [6.45, 7) is 3.70. The summed E-state index contributed by atoms with van der Waals surface area (Å²) in [5, 5.41) is 10.1. The summed E-state index contributed by atoms with van der Waals surface area (Å²) in [4.78, 5) is 36.3. The van der Waals surface area contributed by atoms with Crippen molar-refractivity contribution in [3.8, 4) is 27.8 Å². The number of rotatable bonds is 11. The number of aromatic nitrogens is 4. The number of methoxy groups -OCH3 is 1. The van der Waals surface area contributed by atoms with Crippen LogP contribution in [0.5, 0.6) is 11.5 Å². The molecular weight excluding hydrogens is 607 g/mol. The van der Waals surface area contributed by atoms with Gasteiger partial charge in [-0.1, -0.05) is 24.3 Å². The normalized spacial score (nSPS) is 11.1. The zero-order chi connectivity index (χ0) is 32.0. The molecule has 0 atom stereocenters. The van der Waals surface area contributed by atoms with Crippen molar-refractivity contribution in [1.29, 1.82) is 0 Å². The highest BCUT2D eigenvalue weighted by Crippen LogP contribution is 2.39. The van der Waals surface area contributed by atoms with Gasteiger partial charge in [-0.3, -0.25) is 19.6 Å². The summed E-state index contributed by atoms with van der Waals surface area (Å²) in [6, 6.07) is 20.4. The largest absolute Gasteiger partial charge is 0.453 e. The lowest BCUT2D eigenvalue weighted by molar-refractivity contribution is 0.102. The molecule has 6 rings (SSSR count). The van der Waals surface area contributed by atoms with Gasteiger partial charge in [-0.05, 0) is 54.4 Å². The number of fused-ring (bicyclic) bond motifs is 1. The summed E-state index contributed by atoms with van der Waals surface area (Å²) in [5.74, 6) is -0.960. The van der Waals surface area contributed by atoms with Crippen LogP contribution in [-0.2, 0) is 11.3 Å². The second-order valence-electron chi connectivity index (χ2n) is 10.3. The molecule has 0 spiro atoms. The Kier molecular flexibility index (Phi) is 9.20. The Morgan fingerprint density at radius 2 is 1.85 bits per heavy atom. The number of ether oxygens (including phenoxy) is 2. The first kappa shape index (κ1) is 30.7. The molecule has 46 heavy (non-hydrogen) atoms. The van der Waals surface area contributed by atoms with Crippen LogP contribution >= 0.6 is 11.3 Å². The van der Waals surface area contributed by atoms with Crippen LogP contribution in [0.2, 0.25) is 0 Å². The Labute approximate surface area is 267 Å². The van der Waals surface area contributed by atoms with Gasteiger partial charge in [-0.2, -0.15) is 9.78 Å². The van der Waals surface area contributed by atoms with Gasteiger partial charge in [-0.15, -0.1) is 11.3 Å². The smallest absolute Gasteiger partial charge is 0.284 e. The summed E-state index contributed by atoms with van der Waals surface area (Å²) in [5.41, 5.74) is 2.96. The third kappa shape index (κ3) is 6.69. The van der Waals surface area contributed by atoms with E-state index >= 15 is 4.39 Å². The highest BCUT2D eigenvalue weighted by Gasteiger charge is 2.19. The minimum absolute atomic E-state index is 0.0320. The number of nitrogens with zero attached hydrogens (tertiary/aromatic N) is 4. The fraction of sp³-hybridized carbons (Fsp3) is 0.147. The Bertz CT molecular complexity index is 2070. The number of amides is 1. The Hall–Kier alpha value is -5.30. The van der Waals surface area contributed by atoms with E-state index in [0.29, 0.717) is 35.7 Å². The van der Waals surface area contributed by atoms with E-state index in [9.17, 15) is 9.59 Å². The maximum atomic E-state index is 15.3. The number of aryl methyl sites for hydroxylation is 1. The lowest BCUT2D eigenvalue weighted by atomic mass is 10.1. The second-order valence-corrected chi connectivity index (χ2v) is 11.4. The molecule has 0 aliphatic carbocycles. The number of hydrogen-bond donors (Lipinski definition) is 2. The molecular formula is C34H29FN6O4S. The Morgan fingerprint density at radius 1 is 1.00 bits per heavy atom. The third-order valence-corrected chi connectivity index (χ3v) is 8.23. The molecule has 0 radical (unpaired) electrons. The molecule has 4 aromatic heterocycles. The fourth-order valence-corrected chi connectivity index (χ4v) is 5.78. The molecule has 0 bridgehead atoms. The predicted molar refractivity (Wildman–Crippen MR) is 175 cm³/mol. The van der Waals surface area contributed by atoms with Gasteiger partial charge in [0.15, 0.2) is 11.6 Å². The van der Waals surface area contributed by atoms with Crippen molar-refractivity contribution in [2.24, 2.45) is 0 Å². The number of nitrogens with one attached hydrogen (secondary N) is 2. The molecule has 0 aliphatic rings. The van der Waals surface area contributed by atoms with E-state index in [0.717, 1.165) is 38.1 Å². The highest BCUT2D eigenvalue weighted by atomic mass is 32.1. The van der Waals surface area contributed by atoms with Crippen molar-refractivity contribution in [2.45, 2.75) is 13.5 Å². The number of pyridine rings is 2. The van der Waals surface area contributed by atoms with Crippen LogP contribution in [0.3, 0.4) is 0 Å². The predicted octanol–water partition coefficient (Wildman–Crippen LogP) is 6.13. The van der Waals surface area contributed by atoms with Crippen molar-refractivity contribution in [2.75, 3.05) is 25.6 Å². The van der Waals surface area contributed by atoms with Gasteiger partial charge in [0.2, 0.25) is 0 Å². The van der Waals surface area contributed by atoms with Gasteiger partial charge in [0.1, 0.15) is 11.3 Å². The van der Waals surface area contributed by atoms with Crippen LogP contribution in [0, 0.1) is 12.7 Å². The first-order chi connectivity index (χ1) is 22.4. The quantitative estimate of drug-likeness (QED) is 0.163. The van der Waals surface area contributed by atoms with E-state index in [2.05, 4.69) is 25.7 Å². The van der Waals surface area contributed by atoms with Gasteiger partial charge in [0, 0.05) is 50.4 Å². The zero-order valence-corrected chi connectivity index (χ0v) is 25.8. The van der Waals surface area contributed by atoms with E-state index in [4.69, 9.17) is 9.47 Å². The SMILES string of the molecule is COCCNCc1ccc(-c2cc3nccc(Oc4ccc(NC(=O)c5c(C)cnn(-c6ccccc6)c5=O)cc4F)c3s2)nc1. The number of hydrogen-bond acceptors (Lipinski definition) is 9. The number of anilines is 1. The molecule has 0 fully saturated rings. The van der Waals surface area contributed by atoms with Crippen LogP contribution in [0.15, 0.2) is 96.2 Å². The molecule has 0 aliphatic heterocycles. The number of carbonyl (C=O) groups excluding carboxylic acids is 1. The Morgan fingerprint density at radius 3 is 2.61 bits per heavy atom. The minimum Gasteiger partial charge on any atom is -0.453 e. The zero-order valence-electron chi connectivity index (χ0n) is 25.0. The second kappa shape index (κ2) is 13.8. The summed E-state index contributed by atoms with van der Waals surface area (Å²) in [7, 11) is 1.67. The average molecular weight is 637 g/mol. The highest BCUT2D eigenvalue weighted by molar-refractivity contribution is 7.22. The number of thiophene rings is 1. The van der Waals surface area contributed by atoms with Crippen molar-refractivity contribution < 1.29 is 18.7 Å². The standard InChI is InChI=1S/C34H29FN6O4S/c1-21-18-39-41(24-6-4-3-5-7-24)34(43)31(21)33(42)40-23-9-11-28(25(35)16-23)45-29-12-13-37-27-17-30(46-32(27)29)26-10-8-22(20-38-26)19-36-14-15-44-2/h3-13,16-18,20,36H,14-15,19H2,1-2H3,(H,40,42). The molecule has 12 heteroatoms. The van der Waals surface area contributed by atoms with Crippen LogP contribution in [-0.4, -0.2) is 45.9 Å². The minimum atomic E-state index is -0.691. The maximum Gasteiger partial charge on any atom is 0.284 e. The summed E-state index contributed by atoms with van der Waals surface area (Å²) < 4.78 is 28.2. The Balaban J connectivity index is 1.18. The van der Waals surface area contributed by atoms with Crippen LogP contribution in [0.1, 0.15) is 21.5 Å². The molecule has 10 nitrogen and oxygen atoms in total. The lowest BCUT2D eigenvalue weighted by Gasteiger charge is -2.12. The third-order valence-electron chi connectivity index (χ3n) is 7.07. The fourth-order valence-electron chi connectivity index (χ4n) is 4.74. The van der Waals surface area contributed by atoms with E-state index in [1.807, 2.05) is 30.5 Å². The summed E-state index contributed by atoms with van der Waals surface area (Å²) in [6.07, 6.45) is 4.87. The van der Waals surface area contributed by atoms with Crippen LogP contribution in [0.4, 0.5) is 10.1 Å². The molecule has 4 heterocycles. The van der Waals surface area contributed by atoms with Crippen molar-refractivity contribution in [3.05, 3.63) is 124 Å². The number of carbonyl (C=O) groups is 1. The first-order valence-corrected chi connectivity index (χ1v) is 15.2. The molecule has 232 valence electrons. The molecule has 0 saturated heterocycles. The molecule has 2 aromatic carbocycles. The van der Waals surface area contributed by atoms with E-state index in [1.54, 1.807) is 50.6 Å². The molecule has 1 amide bonds. The van der Waals surface area contributed by atoms with Crippen LogP contribution < -0.4 is 20.9 Å². The van der Waals surface area contributed by atoms with Gasteiger partial charge in [0.25, 0.3) is 11.5 Å². The summed E-state index contributed by atoms with van der Waals surface area (Å²) >= 11 is 1.45. The van der Waals surface area contributed by atoms with Crippen molar-refractivity contribution >= 4 is 33.1 Å². The molecule has 2 N–H and O–H groups in total. The number of benzene rings is 2. The van der Waals surface area contributed by atoms with E-state index in [1.165, 1.54) is 29.7 Å². The van der Waals surface area contributed by atoms with Gasteiger partial charge in [-0.25, -0.2) is 4.39 Å². The first-order valence-electron chi connectivity index (χ1n) is 14.4. The van der Waals surface area contributed by atoms with E-state index < -0.39 is 17.3 Å². The molecule has 6 aromatic rings. The van der Waals surface area contributed by atoms with E-state index in [-0.39, 0.29) is 17.0 Å². The maximum absolute atomic E-state index is 15.3. The molecule has 0 unspecified atom stereocenters. The molecule has 0 saturated carbocycles. The van der Waals surface area contributed by atoms with Gasteiger partial charge in [0.05, 0.1) is 39.3 Å². The topological polar surface area (TPSA) is 120 Å². The monoisotopic (exact) mass is 636 g/mol. The van der Waals surface area contributed by atoms with Crippen molar-refractivity contribution in [3.63, 3.8) is 0 Å². The van der Waals surface area contributed by atoms with Crippen molar-refractivity contribution in [1.82, 2.24) is 25.1 Å². The number of para-hydroxylation sites is 1. The van der Waals surface area contributed by atoms with Crippen LogP contribution in [0.25, 0.3) is 26.5 Å². The number of halogens is 1. The van der Waals surface area contributed by atoms with Gasteiger partial charge >= 0.3 is 0 Å². The van der Waals surface area contributed by atoms with Gasteiger partial charge < -0.3 is 20.1 Å².